The molecule has 1 fully saturated rings. The van der Waals surface area contributed by atoms with E-state index in [1.165, 1.54) is 6.20 Å². The maximum Gasteiger partial charge on any atom is 0.263 e. The molecule has 2 N–H and O–H groups in total. The van der Waals surface area contributed by atoms with E-state index >= 15 is 0 Å². The molecule has 2 aromatic heterocycles. The minimum Gasteiger partial charge on any atom is -0.395 e. The second kappa shape index (κ2) is 5.51. The lowest BCUT2D eigenvalue weighted by atomic mass is 10.3. The zero-order valence-corrected chi connectivity index (χ0v) is 12.5. The average Bonchev–Trinajstić information content (AvgIpc) is 3.32. The van der Waals surface area contributed by atoms with E-state index in [0.717, 1.165) is 18.5 Å². The summed E-state index contributed by atoms with van der Waals surface area (Å²) in [4.78, 5) is 21.7. The van der Waals surface area contributed by atoms with Gasteiger partial charge in [-0.3, -0.25) is 9.78 Å². The summed E-state index contributed by atoms with van der Waals surface area (Å²) in [5, 5.41) is 14.0. The summed E-state index contributed by atoms with van der Waals surface area (Å²) in [6.45, 7) is 0.481. The van der Waals surface area contributed by atoms with Crippen molar-refractivity contribution in [1.29, 1.82) is 0 Å². The first kappa shape index (κ1) is 14.0. The second-order valence-electron chi connectivity index (χ2n) is 5.67. The summed E-state index contributed by atoms with van der Waals surface area (Å²) in [5.41, 5.74) is 1.17. The van der Waals surface area contributed by atoms with Gasteiger partial charge in [-0.25, -0.2) is 4.68 Å². The van der Waals surface area contributed by atoms with Crippen molar-refractivity contribution in [2.24, 2.45) is 0 Å². The van der Waals surface area contributed by atoms with E-state index in [0.29, 0.717) is 29.6 Å². The van der Waals surface area contributed by atoms with Crippen LogP contribution in [0.15, 0.2) is 41.3 Å². The van der Waals surface area contributed by atoms with Gasteiger partial charge in [-0.15, -0.1) is 0 Å². The molecule has 1 saturated carbocycles. The van der Waals surface area contributed by atoms with Crippen LogP contribution in [-0.4, -0.2) is 44.0 Å². The number of aliphatic hydroxyl groups is 1. The van der Waals surface area contributed by atoms with Gasteiger partial charge in [0.05, 0.1) is 18.5 Å². The highest BCUT2D eigenvalue weighted by Crippen LogP contribution is 2.29. The Morgan fingerprint density at radius 3 is 2.78 bits per heavy atom. The van der Waals surface area contributed by atoms with E-state index in [1.807, 2.05) is 35.2 Å². The van der Waals surface area contributed by atoms with Crippen LogP contribution in [0.3, 0.4) is 0 Å². The third-order valence-corrected chi connectivity index (χ3v) is 4.03. The molecule has 1 aliphatic rings. The van der Waals surface area contributed by atoms with Gasteiger partial charge in [0.15, 0.2) is 5.65 Å². The Balaban J connectivity index is 1.86. The molecule has 4 rings (SSSR count). The van der Waals surface area contributed by atoms with Gasteiger partial charge >= 0.3 is 0 Å². The van der Waals surface area contributed by atoms with E-state index in [4.69, 9.17) is 0 Å². The molecule has 7 heteroatoms. The standard InChI is InChI=1S/C16H17N5O2/c22-9-8-20(11-6-7-11)16-18-14-13(15(23)19-16)10-17-21(14)12-4-2-1-3-5-12/h1-5,10-11,22H,6-9H2,(H,18,19,23). The average molecular weight is 311 g/mol. The van der Waals surface area contributed by atoms with Crippen LogP contribution in [0.2, 0.25) is 0 Å². The van der Waals surface area contributed by atoms with Crippen LogP contribution in [-0.2, 0) is 0 Å². The van der Waals surface area contributed by atoms with E-state index in [1.54, 1.807) is 4.68 Å². The van der Waals surface area contributed by atoms with Crippen molar-refractivity contribution in [3.8, 4) is 5.69 Å². The molecule has 118 valence electrons. The first-order valence-electron chi connectivity index (χ1n) is 7.69. The lowest BCUT2D eigenvalue weighted by molar-refractivity contribution is 0.300. The molecule has 0 radical (unpaired) electrons. The predicted molar refractivity (Wildman–Crippen MR) is 86.9 cm³/mol. The number of hydrogen-bond acceptors (Lipinski definition) is 5. The fourth-order valence-corrected chi connectivity index (χ4v) is 2.76. The lowest BCUT2D eigenvalue weighted by Gasteiger charge is -2.21. The molecule has 7 nitrogen and oxygen atoms in total. The van der Waals surface area contributed by atoms with Crippen LogP contribution in [0.5, 0.6) is 0 Å². The second-order valence-corrected chi connectivity index (χ2v) is 5.67. The molecule has 1 aromatic carbocycles. The van der Waals surface area contributed by atoms with Crippen molar-refractivity contribution in [2.45, 2.75) is 18.9 Å². The summed E-state index contributed by atoms with van der Waals surface area (Å²) >= 11 is 0. The molecule has 0 spiro atoms. The van der Waals surface area contributed by atoms with Crippen molar-refractivity contribution in [3.63, 3.8) is 0 Å². The molecule has 0 amide bonds. The van der Waals surface area contributed by atoms with E-state index in [9.17, 15) is 9.90 Å². The number of anilines is 1. The number of nitrogens with one attached hydrogen (secondary N) is 1. The number of para-hydroxylation sites is 1. The number of nitrogens with zero attached hydrogens (tertiary/aromatic N) is 4. The molecular formula is C16H17N5O2. The SMILES string of the molecule is O=c1[nH]c(N(CCO)C2CC2)nc2c1cnn2-c1ccccc1. The lowest BCUT2D eigenvalue weighted by Crippen LogP contribution is -2.32. The molecule has 0 aliphatic heterocycles. The Morgan fingerprint density at radius 2 is 2.09 bits per heavy atom. The Kier molecular flexibility index (Phi) is 3.34. The van der Waals surface area contributed by atoms with Crippen LogP contribution in [0.25, 0.3) is 16.7 Å². The minimum absolute atomic E-state index is 0.0240. The zero-order chi connectivity index (χ0) is 15.8. The van der Waals surface area contributed by atoms with Crippen LogP contribution in [0.1, 0.15) is 12.8 Å². The molecule has 0 saturated heterocycles. The van der Waals surface area contributed by atoms with Gasteiger partial charge in [-0.05, 0) is 25.0 Å². The number of benzene rings is 1. The molecule has 2 heterocycles. The normalized spacial score (nSPS) is 14.3. The summed E-state index contributed by atoms with van der Waals surface area (Å²) in [5.74, 6) is 0.497. The molecular weight excluding hydrogens is 294 g/mol. The van der Waals surface area contributed by atoms with E-state index in [2.05, 4.69) is 15.1 Å². The first-order valence-corrected chi connectivity index (χ1v) is 7.69. The van der Waals surface area contributed by atoms with Gasteiger partial charge in [0.25, 0.3) is 5.56 Å². The Labute approximate surface area is 132 Å². The summed E-state index contributed by atoms with van der Waals surface area (Å²) in [7, 11) is 0. The third-order valence-electron chi connectivity index (χ3n) is 4.03. The highest BCUT2D eigenvalue weighted by molar-refractivity contribution is 5.76. The van der Waals surface area contributed by atoms with Gasteiger partial charge < -0.3 is 10.0 Å². The number of hydrogen-bond donors (Lipinski definition) is 2. The van der Waals surface area contributed by atoms with E-state index < -0.39 is 0 Å². The number of aromatic amines is 1. The highest BCUT2D eigenvalue weighted by atomic mass is 16.3. The Hall–Kier alpha value is -2.67. The molecule has 23 heavy (non-hydrogen) atoms. The molecule has 3 aromatic rings. The van der Waals surface area contributed by atoms with Crippen LogP contribution < -0.4 is 10.5 Å². The Morgan fingerprint density at radius 1 is 1.30 bits per heavy atom. The number of H-pyrrole nitrogens is 1. The molecule has 0 atom stereocenters. The fraction of sp³-hybridized carbons (Fsp3) is 0.312. The van der Waals surface area contributed by atoms with Crippen LogP contribution >= 0.6 is 0 Å². The van der Waals surface area contributed by atoms with Crippen molar-refractivity contribution >= 4 is 17.0 Å². The number of aliphatic hydroxyl groups excluding tert-OH is 1. The number of fused-ring (bicyclic) bond motifs is 1. The number of rotatable bonds is 5. The predicted octanol–water partition coefficient (Wildman–Crippen LogP) is 1.07. The zero-order valence-electron chi connectivity index (χ0n) is 12.5. The van der Waals surface area contributed by atoms with E-state index in [-0.39, 0.29) is 12.2 Å². The molecule has 0 bridgehead atoms. The minimum atomic E-state index is -0.212. The van der Waals surface area contributed by atoms with Crippen molar-refractivity contribution < 1.29 is 5.11 Å². The van der Waals surface area contributed by atoms with Crippen molar-refractivity contribution in [2.75, 3.05) is 18.1 Å². The largest absolute Gasteiger partial charge is 0.395 e. The summed E-state index contributed by atoms with van der Waals surface area (Å²) in [6.07, 6.45) is 3.64. The molecule has 0 unspecified atom stereocenters. The Bertz CT molecular complexity index is 882. The third kappa shape index (κ3) is 2.49. The smallest absolute Gasteiger partial charge is 0.263 e. The summed E-state index contributed by atoms with van der Waals surface area (Å²) in [6, 6.07) is 9.94. The number of aromatic nitrogens is 4. The van der Waals surface area contributed by atoms with Gasteiger partial charge in [-0.2, -0.15) is 10.1 Å². The monoisotopic (exact) mass is 311 g/mol. The maximum atomic E-state index is 12.4. The molecule has 1 aliphatic carbocycles. The van der Waals surface area contributed by atoms with Gasteiger partial charge in [-0.1, -0.05) is 18.2 Å². The van der Waals surface area contributed by atoms with Crippen LogP contribution in [0, 0.1) is 0 Å². The summed E-state index contributed by atoms with van der Waals surface area (Å²) < 4.78 is 1.66. The van der Waals surface area contributed by atoms with Crippen LogP contribution in [0.4, 0.5) is 5.95 Å². The fourth-order valence-electron chi connectivity index (χ4n) is 2.76. The highest BCUT2D eigenvalue weighted by Gasteiger charge is 2.30. The van der Waals surface area contributed by atoms with Crippen molar-refractivity contribution in [3.05, 3.63) is 46.9 Å². The quantitative estimate of drug-likeness (QED) is 0.736. The van der Waals surface area contributed by atoms with Gasteiger partial charge in [0.2, 0.25) is 5.95 Å². The van der Waals surface area contributed by atoms with Gasteiger partial charge in [0.1, 0.15) is 5.39 Å². The van der Waals surface area contributed by atoms with Gasteiger partial charge in [0, 0.05) is 12.6 Å². The maximum absolute atomic E-state index is 12.4. The topological polar surface area (TPSA) is 87.0 Å². The van der Waals surface area contributed by atoms with Crippen molar-refractivity contribution in [1.82, 2.24) is 19.7 Å². The first-order chi connectivity index (χ1) is 11.3.